The van der Waals surface area contributed by atoms with E-state index in [1.54, 1.807) is 6.20 Å². The van der Waals surface area contributed by atoms with E-state index in [4.69, 9.17) is 0 Å². The molecule has 3 heterocycles. The smallest absolute Gasteiger partial charge is 0.257 e. The Kier molecular flexibility index (Phi) is 5.71. The van der Waals surface area contributed by atoms with Gasteiger partial charge in [-0.1, -0.05) is 24.6 Å². The maximum atomic E-state index is 13.7. The summed E-state index contributed by atoms with van der Waals surface area (Å²) in [4.78, 5) is 24.8. The SMILES string of the molecule is CC[C@H]1CCCCN1C(=O)c1cnc2nc(C)ccc2c1Nc1ccc(C)cc1C. The summed E-state index contributed by atoms with van der Waals surface area (Å²) in [7, 11) is 0. The minimum atomic E-state index is 0.0591. The highest BCUT2D eigenvalue weighted by molar-refractivity contribution is 6.07. The number of piperidine rings is 1. The van der Waals surface area contributed by atoms with Gasteiger partial charge in [0.05, 0.1) is 11.3 Å². The highest BCUT2D eigenvalue weighted by atomic mass is 16.2. The molecule has 0 saturated carbocycles. The Morgan fingerprint density at radius 2 is 2.00 bits per heavy atom. The zero-order chi connectivity index (χ0) is 21.3. The summed E-state index contributed by atoms with van der Waals surface area (Å²) in [6.07, 6.45) is 6.00. The molecule has 1 aliphatic rings. The first kappa shape index (κ1) is 20.3. The van der Waals surface area contributed by atoms with Crippen molar-refractivity contribution in [2.75, 3.05) is 11.9 Å². The van der Waals surface area contributed by atoms with Gasteiger partial charge in [-0.3, -0.25) is 4.79 Å². The van der Waals surface area contributed by atoms with Crippen LogP contribution in [0.25, 0.3) is 11.0 Å². The molecule has 3 aromatic rings. The third-order valence-electron chi connectivity index (χ3n) is 6.10. The van der Waals surface area contributed by atoms with E-state index in [9.17, 15) is 4.79 Å². The van der Waals surface area contributed by atoms with E-state index in [1.165, 1.54) is 12.0 Å². The van der Waals surface area contributed by atoms with Crippen LogP contribution >= 0.6 is 0 Å². The molecule has 156 valence electrons. The number of likely N-dealkylation sites (tertiary alicyclic amines) is 1. The van der Waals surface area contributed by atoms with Crippen LogP contribution in [0.2, 0.25) is 0 Å². The Balaban J connectivity index is 1.83. The second kappa shape index (κ2) is 8.42. The van der Waals surface area contributed by atoms with Crippen molar-refractivity contribution >= 4 is 28.3 Å². The van der Waals surface area contributed by atoms with Gasteiger partial charge in [-0.2, -0.15) is 0 Å². The number of carbonyl (C=O) groups excluding carboxylic acids is 1. The largest absolute Gasteiger partial charge is 0.354 e. The van der Waals surface area contributed by atoms with Gasteiger partial charge in [-0.25, -0.2) is 9.97 Å². The van der Waals surface area contributed by atoms with E-state index in [2.05, 4.69) is 54.3 Å². The number of nitrogens with zero attached hydrogens (tertiary/aromatic N) is 3. The molecule has 5 heteroatoms. The predicted molar refractivity (Wildman–Crippen MR) is 122 cm³/mol. The zero-order valence-electron chi connectivity index (χ0n) is 18.3. The van der Waals surface area contributed by atoms with Crippen LogP contribution in [-0.4, -0.2) is 33.4 Å². The normalized spacial score (nSPS) is 16.7. The lowest BCUT2D eigenvalue weighted by Gasteiger charge is -2.35. The topological polar surface area (TPSA) is 58.1 Å². The number of anilines is 2. The molecule has 5 nitrogen and oxygen atoms in total. The summed E-state index contributed by atoms with van der Waals surface area (Å²) in [5.41, 5.74) is 6.33. The van der Waals surface area contributed by atoms with E-state index in [1.807, 2.05) is 24.0 Å². The molecule has 1 aromatic carbocycles. The van der Waals surface area contributed by atoms with Gasteiger partial charge in [0.15, 0.2) is 5.65 Å². The Morgan fingerprint density at radius 3 is 2.77 bits per heavy atom. The molecule has 0 unspecified atom stereocenters. The highest BCUT2D eigenvalue weighted by Crippen LogP contribution is 2.32. The van der Waals surface area contributed by atoms with Crippen molar-refractivity contribution in [3.05, 3.63) is 58.9 Å². The van der Waals surface area contributed by atoms with Gasteiger partial charge in [-0.15, -0.1) is 0 Å². The fourth-order valence-corrected chi connectivity index (χ4v) is 4.40. The van der Waals surface area contributed by atoms with E-state index in [-0.39, 0.29) is 5.91 Å². The summed E-state index contributed by atoms with van der Waals surface area (Å²) in [6.45, 7) is 9.10. The Morgan fingerprint density at radius 1 is 1.17 bits per heavy atom. The van der Waals surface area contributed by atoms with Crippen LogP contribution in [-0.2, 0) is 0 Å². The van der Waals surface area contributed by atoms with Gasteiger partial charge in [-0.05, 0) is 70.2 Å². The van der Waals surface area contributed by atoms with Gasteiger partial charge in [0.1, 0.15) is 0 Å². The van der Waals surface area contributed by atoms with Gasteiger partial charge in [0.2, 0.25) is 0 Å². The van der Waals surface area contributed by atoms with Crippen LogP contribution in [0.3, 0.4) is 0 Å². The van der Waals surface area contributed by atoms with Crippen molar-refractivity contribution in [3.8, 4) is 0 Å². The molecule has 0 spiro atoms. The van der Waals surface area contributed by atoms with Crippen molar-refractivity contribution in [2.24, 2.45) is 0 Å². The van der Waals surface area contributed by atoms with Crippen LogP contribution in [0.4, 0.5) is 11.4 Å². The fourth-order valence-electron chi connectivity index (χ4n) is 4.40. The van der Waals surface area contributed by atoms with Crippen molar-refractivity contribution in [1.29, 1.82) is 0 Å². The molecule has 1 N–H and O–H groups in total. The molecule has 1 amide bonds. The number of carbonyl (C=O) groups is 1. The summed E-state index contributed by atoms with van der Waals surface area (Å²) < 4.78 is 0. The average molecular weight is 403 g/mol. The quantitative estimate of drug-likeness (QED) is 0.608. The molecular formula is C25H30N4O. The second-order valence-electron chi connectivity index (χ2n) is 8.37. The van der Waals surface area contributed by atoms with Crippen molar-refractivity contribution in [1.82, 2.24) is 14.9 Å². The number of hydrogen-bond acceptors (Lipinski definition) is 4. The van der Waals surface area contributed by atoms with Crippen molar-refractivity contribution in [2.45, 2.75) is 59.4 Å². The molecule has 4 rings (SSSR count). The standard InChI is InChI=1S/C25H30N4O/c1-5-19-8-6-7-13-29(19)25(30)21-15-26-24-20(11-10-18(4)27-24)23(21)28-22-12-9-16(2)14-17(22)3/h9-12,14-15,19H,5-8,13H2,1-4H3,(H,26,27,28)/t19-/m0/s1. The first-order valence-electron chi connectivity index (χ1n) is 10.9. The Labute approximate surface area is 178 Å². The molecule has 1 atom stereocenters. The number of aryl methyl sites for hydroxylation is 3. The number of amides is 1. The van der Waals surface area contributed by atoms with Gasteiger partial charge < -0.3 is 10.2 Å². The van der Waals surface area contributed by atoms with Crippen LogP contribution in [0.1, 0.15) is 59.8 Å². The van der Waals surface area contributed by atoms with Crippen LogP contribution < -0.4 is 5.32 Å². The third-order valence-corrected chi connectivity index (χ3v) is 6.10. The van der Waals surface area contributed by atoms with E-state index in [0.29, 0.717) is 17.3 Å². The predicted octanol–water partition coefficient (Wildman–Crippen LogP) is 5.70. The average Bonchev–Trinajstić information content (AvgIpc) is 2.75. The Hall–Kier alpha value is -2.95. The number of benzene rings is 1. The summed E-state index contributed by atoms with van der Waals surface area (Å²) in [5, 5.41) is 4.43. The third kappa shape index (κ3) is 3.89. The lowest BCUT2D eigenvalue weighted by molar-refractivity contribution is 0.0609. The number of rotatable bonds is 4. The minimum Gasteiger partial charge on any atom is -0.354 e. The summed E-state index contributed by atoms with van der Waals surface area (Å²) >= 11 is 0. The molecule has 2 aromatic heterocycles. The molecule has 1 aliphatic heterocycles. The van der Waals surface area contributed by atoms with Crippen molar-refractivity contribution in [3.63, 3.8) is 0 Å². The lowest BCUT2D eigenvalue weighted by atomic mass is 9.98. The first-order valence-corrected chi connectivity index (χ1v) is 10.9. The summed E-state index contributed by atoms with van der Waals surface area (Å²) in [5.74, 6) is 0.0591. The fraction of sp³-hybridized carbons (Fsp3) is 0.400. The van der Waals surface area contributed by atoms with Crippen LogP contribution in [0, 0.1) is 20.8 Å². The van der Waals surface area contributed by atoms with Gasteiger partial charge in [0, 0.05) is 35.6 Å². The second-order valence-corrected chi connectivity index (χ2v) is 8.37. The van der Waals surface area contributed by atoms with Gasteiger partial charge in [0.25, 0.3) is 5.91 Å². The van der Waals surface area contributed by atoms with Crippen molar-refractivity contribution < 1.29 is 4.79 Å². The molecule has 1 fully saturated rings. The maximum absolute atomic E-state index is 13.7. The minimum absolute atomic E-state index is 0.0591. The molecule has 0 bridgehead atoms. The molecule has 1 saturated heterocycles. The van der Waals surface area contributed by atoms with Crippen LogP contribution in [0.15, 0.2) is 36.5 Å². The maximum Gasteiger partial charge on any atom is 0.257 e. The van der Waals surface area contributed by atoms with E-state index < -0.39 is 0 Å². The van der Waals surface area contributed by atoms with E-state index in [0.717, 1.165) is 53.8 Å². The number of aromatic nitrogens is 2. The number of pyridine rings is 2. The van der Waals surface area contributed by atoms with Crippen LogP contribution in [0.5, 0.6) is 0 Å². The van der Waals surface area contributed by atoms with Gasteiger partial charge >= 0.3 is 0 Å². The lowest BCUT2D eigenvalue weighted by Crippen LogP contribution is -2.43. The van der Waals surface area contributed by atoms with E-state index >= 15 is 0 Å². The monoisotopic (exact) mass is 402 g/mol. The number of nitrogens with one attached hydrogen (secondary N) is 1. The zero-order valence-corrected chi connectivity index (χ0v) is 18.3. The first-order chi connectivity index (χ1) is 14.5. The summed E-state index contributed by atoms with van der Waals surface area (Å²) in [6, 6.07) is 10.6. The Bertz CT molecular complexity index is 1090. The highest BCUT2D eigenvalue weighted by Gasteiger charge is 2.29. The molecule has 30 heavy (non-hydrogen) atoms. The molecular weight excluding hydrogens is 372 g/mol. The molecule has 0 radical (unpaired) electrons. The number of fused-ring (bicyclic) bond motifs is 1. The number of hydrogen-bond donors (Lipinski definition) is 1. The molecule has 0 aliphatic carbocycles.